The lowest BCUT2D eigenvalue weighted by molar-refractivity contribution is 0.0740. The van der Waals surface area contributed by atoms with Crippen molar-refractivity contribution in [3.05, 3.63) is 71.9 Å². The Balaban J connectivity index is 1.95. The van der Waals surface area contributed by atoms with Gasteiger partial charge in [-0.05, 0) is 24.6 Å². The van der Waals surface area contributed by atoms with Crippen LogP contribution in [-0.2, 0) is 0 Å². The summed E-state index contributed by atoms with van der Waals surface area (Å²) in [6.45, 7) is 1.96. The van der Waals surface area contributed by atoms with Gasteiger partial charge in [0.25, 0.3) is 5.91 Å². The molecule has 0 aliphatic carbocycles. The monoisotopic (exact) mass is 306 g/mol. The Bertz CT molecular complexity index is 846. The third-order valence-corrected chi connectivity index (χ3v) is 4.16. The van der Waals surface area contributed by atoms with Gasteiger partial charge in [-0.3, -0.25) is 9.78 Å². The number of aromatic hydroxyl groups is 1. The normalized spacial score (nSPS) is 12.1. The van der Waals surface area contributed by atoms with Gasteiger partial charge in [-0.2, -0.15) is 0 Å². The van der Waals surface area contributed by atoms with Gasteiger partial charge in [-0.1, -0.05) is 42.5 Å². The molecule has 0 radical (unpaired) electrons. The van der Waals surface area contributed by atoms with E-state index < -0.39 is 0 Å². The lowest BCUT2D eigenvalue weighted by Gasteiger charge is -2.25. The quantitative estimate of drug-likeness (QED) is 0.801. The van der Waals surface area contributed by atoms with Gasteiger partial charge >= 0.3 is 0 Å². The Hall–Kier alpha value is -2.88. The van der Waals surface area contributed by atoms with E-state index in [4.69, 9.17) is 0 Å². The van der Waals surface area contributed by atoms with Crippen LogP contribution in [0.3, 0.4) is 0 Å². The number of pyridine rings is 1. The third-order valence-electron chi connectivity index (χ3n) is 4.16. The average Bonchev–Trinajstić information content (AvgIpc) is 2.61. The number of amides is 1. The van der Waals surface area contributed by atoms with Crippen LogP contribution in [0.4, 0.5) is 0 Å². The van der Waals surface area contributed by atoms with Gasteiger partial charge in [0.05, 0.1) is 11.6 Å². The zero-order valence-corrected chi connectivity index (χ0v) is 13.1. The van der Waals surface area contributed by atoms with Crippen LogP contribution in [0.5, 0.6) is 5.75 Å². The fourth-order valence-electron chi connectivity index (χ4n) is 2.62. The third kappa shape index (κ3) is 2.75. The van der Waals surface area contributed by atoms with Gasteiger partial charge in [0, 0.05) is 18.6 Å². The van der Waals surface area contributed by atoms with E-state index in [9.17, 15) is 9.90 Å². The van der Waals surface area contributed by atoms with E-state index in [1.807, 2.05) is 43.3 Å². The summed E-state index contributed by atoms with van der Waals surface area (Å²) in [7, 11) is 1.74. The van der Waals surface area contributed by atoms with Gasteiger partial charge in [-0.25, -0.2) is 0 Å². The summed E-state index contributed by atoms with van der Waals surface area (Å²) in [6.07, 6.45) is 1.60. The van der Waals surface area contributed by atoms with Crippen LogP contribution in [0, 0.1) is 0 Å². The Morgan fingerprint density at radius 2 is 1.83 bits per heavy atom. The Morgan fingerprint density at radius 3 is 2.57 bits per heavy atom. The van der Waals surface area contributed by atoms with E-state index in [0.717, 1.165) is 10.9 Å². The molecule has 0 bridgehead atoms. The molecule has 0 saturated heterocycles. The Morgan fingerprint density at radius 1 is 1.09 bits per heavy atom. The van der Waals surface area contributed by atoms with Crippen molar-refractivity contribution < 1.29 is 9.90 Å². The fraction of sp³-hybridized carbons (Fsp3) is 0.158. The Labute approximate surface area is 135 Å². The van der Waals surface area contributed by atoms with Crippen molar-refractivity contribution in [2.75, 3.05) is 7.05 Å². The first kappa shape index (κ1) is 15.0. The number of hydrogen-bond acceptors (Lipinski definition) is 3. The molecule has 0 unspecified atom stereocenters. The van der Waals surface area contributed by atoms with Crippen molar-refractivity contribution in [3.8, 4) is 5.75 Å². The summed E-state index contributed by atoms with van der Waals surface area (Å²) in [5.41, 5.74) is 1.75. The Kier molecular flexibility index (Phi) is 3.98. The maximum Gasteiger partial charge on any atom is 0.257 e. The number of benzene rings is 2. The first-order valence-corrected chi connectivity index (χ1v) is 7.48. The lowest BCUT2D eigenvalue weighted by Crippen LogP contribution is -2.29. The van der Waals surface area contributed by atoms with Gasteiger partial charge in [0.1, 0.15) is 5.52 Å². The summed E-state index contributed by atoms with van der Waals surface area (Å²) in [6, 6.07) is 16.8. The van der Waals surface area contributed by atoms with E-state index in [2.05, 4.69) is 4.98 Å². The molecule has 1 amide bonds. The van der Waals surface area contributed by atoms with Crippen LogP contribution >= 0.6 is 0 Å². The molecule has 0 saturated carbocycles. The van der Waals surface area contributed by atoms with Crippen molar-refractivity contribution in [3.63, 3.8) is 0 Å². The van der Waals surface area contributed by atoms with E-state index in [-0.39, 0.29) is 23.3 Å². The van der Waals surface area contributed by atoms with Crippen LogP contribution < -0.4 is 0 Å². The van der Waals surface area contributed by atoms with Crippen LogP contribution in [0.25, 0.3) is 10.9 Å². The van der Waals surface area contributed by atoms with E-state index in [1.165, 1.54) is 0 Å². The van der Waals surface area contributed by atoms with Crippen LogP contribution in [0.1, 0.15) is 28.9 Å². The van der Waals surface area contributed by atoms with Crippen LogP contribution in [0.15, 0.2) is 60.8 Å². The van der Waals surface area contributed by atoms with Crippen molar-refractivity contribution in [1.82, 2.24) is 9.88 Å². The number of phenolic OH excluding ortho intramolecular Hbond substituents is 1. The topological polar surface area (TPSA) is 53.4 Å². The molecule has 1 aromatic heterocycles. The van der Waals surface area contributed by atoms with Crippen molar-refractivity contribution in [2.45, 2.75) is 13.0 Å². The number of hydrogen-bond donors (Lipinski definition) is 1. The molecule has 1 atom stereocenters. The number of rotatable bonds is 3. The molecule has 0 aliphatic heterocycles. The number of carbonyl (C=O) groups is 1. The molecule has 3 rings (SSSR count). The summed E-state index contributed by atoms with van der Waals surface area (Å²) in [4.78, 5) is 18.6. The predicted octanol–water partition coefficient (Wildman–Crippen LogP) is 3.77. The molecule has 4 nitrogen and oxygen atoms in total. The molecule has 116 valence electrons. The van der Waals surface area contributed by atoms with Gasteiger partial charge in [0.2, 0.25) is 0 Å². The van der Waals surface area contributed by atoms with Gasteiger partial charge < -0.3 is 10.0 Å². The second-order valence-electron chi connectivity index (χ2n) is 5.54. The second kappa shape index (κ2) is 6.08. The van der Waals surface area contributed by atoms with Crippen molar-refractivity contribution in [1.29, 1.82) is 0 Å². The highest BCUT2D eigenvalue weighted by Crippen LogP contribution is 2.29. The first-order valence-electron chi connectivity index (χ1n) is 7.48. The lowest BCUT2D eigenvalue weighted by atomic mass is 10.0. The number of nitrogens with zero attached hydrogens (tertiary/aromatic N) is 2. The van der Waals surface area contributed by atoms with Crippen LogP contribution in [-0.4, -0.2) is 27.9 Å². The fourth-order valence-corrected chi connectivity index (χ4v) is 2.62. The van der Waals surface area contributed by atoms with Gasteiger partial charge in [0.15, 0.2) is 5.75 Å². The molecule has 2 aromatic carbocycles. The zero-order chi connectivity index (χ0) is 16.4. The predicted molar refractivity (Wildman–Crippen MR) is 90.4 cm³/mol. The maximum atomic E-state index is 12.8. The SMILES string of the molecule is C[C@H](c1ccccc1)N(C)C(=O)c1ccc2cccnc2c1O. The molecule has 1 heterocycles. The molecular formula is C19H18N2O2. The highest BCUT2D eigenvalue weighted by atomic mass is 16.3. The standard InChI is InChI=1S/C19H18N2O2/c1-13(14-7-4-3-5-8-14)21(2)19(23)16-11-10-15-9-6-12-20-17(15)18(16)22/h3-13,22H,1-2H3/t13-/m1/s1. The minimum absolute atomic E-state index is 0.0692. The second-order valence-corrected chi connectivity index (χ2v) is 5.54. The highest BCUT2D eigenvalue weighted by molar-refractivity contribution is 6.02. The first-order chi connectivity index (χ1) is 11.1. The summed E-state index contributed by atoms with van der Waals surface area (Å²) in [5.74, 6) is -0.299. The number of carbonyl (C=O) groups excluding carboxylic acids is 1. The zero-order valence-electron chi connectivity index (χ0n) is 13.1. The highest BCUT2D eigenvalue weighted by Gasteiger charge is 2.22. The molecule has 0 spiro atoms. The number of fused-ring (bicyclic) bond motifs is 1. The number of phenols is 1. The molecular weight excluding hydrogens is 288 g/mol. The van der Waals surface area contributed by atoms with Crippen molar-refractivity contribution in [2.24, 2.45) is 0 Å². The largest absolute Gasteiger partial charge is 0.505 e. The van der Waals surface area contributed by atoms with E-state index in [1.54, 1.807) is 36.3 Å². The van der Waals surface area contributed by atoms with E-state index in [0.29, 0.717) is 5.52 Å². The molecule has 23 heavy (non-hydrogen) atoms. The summed E-state index contributed by atoms with van der Waals surface area (Å²) in [5, 5.41) is 11.2. The van der Waals surface area contributed by atoms with E-state index >= 15 is 0 Å². The molecule has 0 fully saturated rings. The number of aromatic nitrogens is 1. The van der Waals surface area contributed by atoms with Crippen molar-refractivity contribution >= 4 is 16.8 Å². The summed E-state index contributed by atoms with van der Waals surface area (Å²) < 4.78 is 0. The molecule has 1 N–H and O–H groups in total. The molecule has 4 heteroatoms. The minimum atomic E-state index is -0.230. The van der Waals surface area contributed by atoms with Gasteiger partial charge in [-0.15, -0.1) is 0 Å². The smallest absolute Gasteiger partial charge is 0.257 e. The molecule has 0 aliphatic rings. The molecule has 3 aromatic rings. The summed E-state index contributed by atoms with van der Waals surface area (Å²) >= 11 is 0. The average molecular weight is 306 g/mol. The maximum absolute atomic E-state index is 12.8. The van der Waals surface area contributed by atoms with Crippen LogP contribution in [0.2, 0.25) is 0 Å². The minimum Gasteiger partial charge on any atom is -0.505 e.